The zero-order chi connectivity index (χ0) is 9.47. The number of aliphatic hydroxyl groups is 1. The third kappa shape index (κ3) is 1.63. The zero-order valence-corrected chi connectivity index (χ0v) is 9.40. The molecule has 0 aliphatic heterocycles. The van der Waals surface area contributed by atoms with Gasteiger partial charge >= 0.3 is 0 Å². The molecule has 0 radical (unpaired) electrons. The van der Waals surface area contributed by atoms with E-state index in [0.29, 0.717) is 5.02 Å². The van der Waals surface area contributed by atoms with Gasteiger partial charge < -0.3 is 5.11 Å². The second-order valence-electron chi connectivity index (χ2n) is 3.51. The highest BCUT2D eigenvalue weighted by atomic mass is 79.9. The van der Waals surface area contributed by atoms with Crippen molar-refractivity contribution in [1.29, 1.82) is 0 Å². The number of benzene rings is 1. The highest BCUT2D eigenvalue weighted by Gasteiger charge is 2.37. The summed E-state index contributed by atoms with van der Waals surface area (Å²) in [6, 6.07) is 5.64. The molecule has 70 valence electrons. The maximum Gasteiger partial charge on any atom is 0.0911 e. The first kappa shape index (κ1) is 9.50. The molecule has 0 saturated heterocycles. The van der Waals surface area contributed by atoms with E-state index in [1.165, 1.54) is 0 Å². The smallest absolute Gasteiger partial charge is 0.0911 e. The average Bonchev–Trinajstić information content (AvgIpc) is 2.00. The van der Waals surface area contributed by atoms with Crippen LogP contribution in [0.4, 0.5) is 0 Å². The minimum Gasteiger partial charge on any atom is -0.385 e. The van der Waals surface area contributed by atoms with E-state index in [1.807, 2.05) is 18.2 Å². The van der Waals surface area contributed by atoms with Crippen LogP contribution in [0.5, 0.6) is 0 Å². The number of hydrogen-bond acceptors (Lipinski definition) is 1. The van der Waals surface area contributed by atoms with Crippen LogP contribution in [0.15, 0.2) is 22.7 Å². The van der Waals surface area contributed by atoms with E-state index in [0.717, 1.165) is 29.3 Å². The van der Waals surface area contributed by atoms with Gasteiger partial charge in [-0.2, -0.15) is 0 Å². The van der Waals surface area contributed by atoms with E-state index in [4.69, 9.17) is 11.6 Å². The van der Waals surface area contributed by atoms with Crippen LogP contribution in [0.1, 0.15) is 24.8 Å². The second-order valence-corrected chi connectivity index (χ2v) is 4.83. The quantitative estimate of drug-likeness (QED) is 0.821. The summed E-state index contributed by atoms with van der Waals surface area (Å²) in [7, 11) is 0. The van der Waals surface area contributed by atoms with Crippen LogP contribution in [0.25, 0.3) is 0 Å². The second kappa shape index (κ2) is 3.26. The van der Waals surface area contributed by atoms with Gasteiger partial charge in [-0.15, -0.1) is 0 Å². The van der Waals surface area contributed by atoms with Crippen molar-refractivity contribution >= 4 is 27.5 Å². The fourth-order valence-electron chi connectivity index (χ4n) is 1.65. The predicted molar refractivity (Wildman–Crippen MR) is 56.9 cm³/mol. The molecule has 1 aliphatic carbocycles. The Morgan fingerprint density at radius 1 is 1.38 bits per heavy atom. The van der Waals surface area contributed by atoms with Crippen molar-refractivity contribution in [2.45, 2.75) is 24.9 Å². The van der Waals surface area contributed by atoms with Gasteiger partial charge in [-0.1, -0.05) is 33.6 Å². The Labute approximate surface area is 90.9 Å². The van der Waals surface area contributed by atoms with E-state index in [-0.39, 0.29) is 0 Å². The molecule has 0 unspecified atom stereocenters. The maximum atomic E-state index is 10.1. The summed E-state index contributed by atoms with van der Waals surface area (Å²) >= 11 is 9.37. The van der Waals surface area contributed by atoms with Crippen molar-refractivity contribution in [3.05, 3.63) is 33.3 Å². The molecule has 0 bridgehead atoms. The molecule has 1 saturated carbocycles. The van der Waals surface area contributed by atoms with Gasteiger partial charge in [0, 0.05) is 15.1 Å². The lowest BCUT2D eigenvalue weighted by Crippen LogP contribution is -2.33. The molecule has 0 aromatic heterocycles. The standard InChI is InChI=1S/C10H10BrClO/c11-7-2-3-8(9(12)6-7)10(13)4-1-5-10/h2-3,6,13H,1,4-5H2. The summed E-state index contributed by atoms with van der Waals surface area (Å²) in [6.45, 7) is 0. The summed E-state index contributed by atoms with van der Waals surface area (Å²) in [4.78, 5) is 0. The number of halogens is 2. The normalized spacial score (nSPS) is 19.6. The SMILES string of the molecule is OC1(c2ccc(Br)cc2Cl)CCC1. The molecule has 0 spiro atoms. The molecule has 1 nitrogen and oxygen atoms in total. The van der Waals surface area contributed by atoms with Gasteiger partial charge in [0.25, 0.3) is 0 Å². The molecular weight excluding hydrogens is 251 g/mol. The van der Waals surface area contributed by atoms with Crippen LogP contribution in [0, 0.1) is 0 Å². The molecule has 1 aliphatic rings. The lowest BCUT2D eigenvalue weighted by Gasteiger charge is -2.37. The van der Waals surface area contributed by atoms with Gasteiger partial charge in [0.2, 0.25) is 0 Å². The fourth-order valence-corrected chi connectivity index (χ4v) is 2.50. The van der Waals surface area contributed by atoms with Crippen LogP contribution in [-0.4, -0.2) is 5.11 Å². The zero-order valence-electron chi connectivity index (χ0n) is 7.06. The third-order valence-corrected chi connectivity index (χ3v) is 3.42. The highest BCUT2D eigenvalue weighted by Crippen LogP contribution is 2.44. The van der Waals surface area contributed by atoms with Crippen molar-refractivity contribution in [3.8, 4) is 0 Å². The Kier molecular flexibility index (Phi) is 2.39. The van der Waals surface area contributed by atoms with E-state index >= 15 is 0 Å². The monoisotopic (exact) mass is 260 g/mol. The molecule has 0 amide bonds. The molecule has 0 atom stereocenters. The van der Waals surface area contributed by atoms with Crippen LogP contribution < -0.4 is 0 Å². The van der Waals surface area contributed by atoms with Gasteiger partial charge in [-0.05, 0) is 31.4 Å². The van der Waals surface area contributed by atoms with Crippen LogP contribution in [0.3, 0.4) is 0 Å². The molecular formula is C10H10BrClO. The molecule has 2 rings (SSSR count). The van der Waals surface area contributed by atoms with Crippen molar-refractivity contribution < 1.29 is 5.11 Å². The molecule has 1 N–H and O–H groups in total. The van der Waals surface area contributed by atoms with E-state index < -0.39 is 5.60 Å². The summed E-state index contributed by atoms with van der Waals surface area (Å²) in [6.07, 6.45) is 2.74. The largest absolute Gasteiger partial charge is 0.385 e. The summed E-state index contributed by atoms with van der Waals surface area (Å²) in [5.74, 6) is 0. The average molecular weight is 262 g/mol. The Balaban J connectivity index is 2.40. The highest BCUT2D eigenvalue weighted by molar-refractivity contribution is 9.10. The van der Waals surface area contributed by atoms with E-state index in [2.05, 4.69) is 15.9 Å². The lowest BCUT2D eigenvalue weighted by atomic mass is 9.75. The lowest BCUT2D eigenvalue weighted by molar-refractivity contribution is -0.0387. The predicted octanol–water partition coefficient (Wildman–Crippen LogP) is 3.47. The van der Waals surface area contributed by atoms with Crippen LogP contribution >= 0.6 is 27.5 Å². The summed E-state index contributed by atoms with van der Waals surface area (Å²) < 4.78 is 0.948. The minimum atomic E-state index is -0.655. The molecule has 13 heavy (non-hydrogen) atoms. The first-order valence-corrected chi connectivity index (χ1v) is 5.47. The minimum absolute atomic E-state index is 0.650. The van der Waals surface area contributed by atoms with Gasteiger partial charge in [-0.25, -0.2) is 0 Å². The van der Waals surface area contributed by atoms with Gasteiger partial charge in [0.1, 0.15) is 0 Å². The number of rotatable bonds is 1. The molecule has 1 aromatic carbocycles. The van der Waals surface area contributed by atoms with Crippen LogP contribution in [0.2, 0.25) is 5.02 Å². The van der Waals surface area contributed by atoms with Crippen molar-refractivity contribution in [3.63, 3.8) is 0 Å². The van der Waals surface area contributed by atoms with Gasteiger partial charge in [-0.3, -0.25) is 0 Å². The Morgan fingerprint density at radius 3 is 2.54 bits per heavy atom. The molecule has 0 heterocycles. The molecule has 3 heteroatoms. The van der Waals surface area contributed by atoms with Gasteiger partial charge in [0.05, 0.1) is 5.60 Å². The summed E-state index contributed by atoms with van der Waals surface area (Å²) in [5, 5.41) is 10.7. The summed E-state index contributed by atoms with van der Waals surface area (Å²) in [5.41, 5.74) is 0.209. The Hall–Kier alpha value is -0.0500. The van der Waals surface area contributed by atoms with Crippen molar-refractivity contribution in [1.82, 2.24) is 0 Å². The maximum absolute atomic E-state index is 10.1. The molecule has 1 aromatic rings. The van der Waals surface area contributed by atoms with E-state index in [1.54, 1.807) is 0 Å². The van der Waals surface area contributed by atoms with Crippen molar-refractivity contribution in [2.75, 3.05) is 0 Å². The fraction of sp³-hybridized carbons (Fsp3) is 0.400. The number of hydrogen-bond donors (Lipinski definition) is 1. The van der Waals surface area contributed by atoms with Gasteiger partial charge in [0.15, 0.2) is 0 Å². The molecule has 1 fully saturated rings. The third-order valence-electron chi connectivity index (χ3n) is 2.61. The van der Waals surface area contributed by atoms with Crippen molar-refractivity contribution in [2.24, 2.45) is 0 Å². The van der Waals surface area contributed by atoms with Crippen LogP contribution in [-0.2, 0) is 5.60 Å². The van der Waals surface area contributed by atoms with E-state index in [9.17, 15) is 5.11 Å². The topological polar surface area (TPSA) is 20.2 Å². The Bertz CT molecular complexity index is 334. The first-order valence-electron chi connectivity index (χ1n) is 4.30. The Morgan fingerprint density at radius 2 is 2.08 bits per heavy atom. The first-order chi connectivity index (χ1) is 6.12.